The third-order valence-corrected chi connectivity index (χ3v) is 12.3. The average Bonchev–Trinajstić information content (AvgIpc) is 3.42. The molecule has 1 saturated heterocycles. The highest BCUT2D eigenvalue weighted by Crippen LogP contribution is 2.65. The molecule has 2 aliphatic carbocycles. The highest BCUT2D eigenvalue weighted by molar-refractivity contribution is 5.86. The Kier molecular flexibility index (Phi) is 18.2. The summed E-state index contributed by atoms with van der Waals surface area (Å²) >= 11 is 0. The number of carbonyl (C=O) groups is 3. The predicted octanol–water partition coefficient (Wildman–Crippen LogP) is 7.42. The zero-order chi connectivity index (χ0) is 40.9. The standard InChI is InChI=1S/C39H67N5O2.C6H11NO/c1-13-15-19-27(5)41-36(46)34-33-30(38(33,11)12)25-44(34)28(6)35(39(14-2)22-17-16-18-23-39)43-29(7)42-31(37(8,9)10)20-21-32(45)40-24-26(3)4;1-3-5-7-6(8)4-2/h1,26-27,30-31,33-35,42-43H,6-7,14-25H2,2-5,8-12H3,(H,40,45)(H,41,46);4H,2-3,5H2,1H3,(H,7,8)/t27?,30-,31?,33-,34?,35?;/m0./s1. The normalized spacial score (nSPS) is 22.5. The largest absolute Gasteiger partial charge is 0.369 e. The van der Waals surface area contributed by atoms with Gasteiger partial charge in [0.2, 0.25) is 17.7 Å². The summed E-state index contributed by atoms with van der Waals surface area (Å²) < 4.78 is 0. The van der Waals surface area contributed by atoms with Crippen molar-refractivity contribution in [3.63, 3.8) is 0 Å². The fourth-order valence-electron chi connectivity index (χ4n) is 8.59. The molecule has 3 fully saturated rings. The summed E-state index contributed by atoms with van der Waals surface area (Å²) in [5.74, 6) is 4.77. The Labute approximate surface area is 330 Å². The molecule has 3 rings (SSSR count). The molecule has 6 atom stereocenters. The molecule has 0 aromatic carbocycles. The number of hydrogen-bond acceptors (Lipinski definition) is 6. The van der Waals surface area contributed by atoms with Crippen LogP contribution in [0.1, 0.15) is 140 Å². The van der Waals surface area contributed by atoms with E-state index in [0.29, 0.717) is 43.6 Å². The van der Waals surface area contributed by atoms with Crippen LogP contribution in [0, 0.1) is 46.3 Å². The van der Waals surface area contributed by atoms with E-state index in [1.54, 1.807) is 0 Å². The molecule has 54 heavy (non-hydrogen) atoms. The lowest BCUT2D eigenvalue weighted by Crippen LogP contribution is -2.56. The summed E-state index contributed by atoms with van der Waals surface area (Å²) in [5.41, 5.74) is 1.09. The maximum Gasteiger partial charge on any atom is 0.243 e. The van der Waals surface area contributed by atoms with Gasteiger partial charge in [0.1, 0.15) is 6.04 Å². The van der Waals surface area contributed by atoms with Crippen LogP contribution >= 0.6 is 0 Å². The molecular formula is C45H78N6O3. The molecule has 1 heterocycles. The molecule has 0 aromatic heterocycles. The van der Waals surface area contributed by atoms with Crippen LogP contribution in [0.4, 0.5) is 0 Å². The van der Waals surface area contributed by atoms with E-state index in [1.807, 2.05) is 13.8 Å². The van der Waals surface area contributed by atoms with Gasteiger partial charge in [0.05, 0.1) is 11.9 Å². The van der Waals surface area contributed by atoms with Crippen LogP contribution in [-0.2, 0) is 14.4 Å². The van der Waals surface area contributed by atoms with Crippen molar-refractivity contribution in [2.24, 2.45) is 34.0 Å². The number of rotatable bonds is 20. The summed E-state index contributed by atoms with van der Waals surface area (Å²) in [6.07, 6.45) is 17.3. The molecule has 9 heteroatoms. The van der Waals surface area contributed by atoms with Gasteiger partial charge in [-0.1, -0.05) is 101 Å². The van der Waals surface area contributed by atoms with Crippen LogP contribution in [0.25, 0.3) is 0 Å². The van der Waals surface area contributed by atoms with Crippen molar-refractivity contribution in [1.82, 2.24) is 31.5 Å². The average molecular weight is 751 g/mol. The fraction of sp³-hybridized carbons (Fsp3) is 0.756. The summed E-state index contributed by atoms with van der Waals surface area (Å²) in [5, 5.41) is 16.6. The van der Waals surface area contributed by atoms with Gasteiger partial charge in [-0.25, -0.2) is 0 Å². The minimum Gasteiger partial charge on any atom is -0.369 e. The number of terminal acetylenes is 1. The Bertz CT molecular complexity index is 1320. The van der Waals surface area contributed by atoms with Crippen molar-refractivity contribution >= 4 is 17.7 Å². The van der Waals surface area contributed by atoms with Crippen LogP contribution in [0.15, 0.2) is 37.3 Å². The molecule has 5 N–H and O–H groups in total. The second kappa shape index (κ2) is 21.0. The van der Waals surface area contributed by atoms with Gasteiger partial charge < -0.3 is 31.5 Å². The molecule has 4 unspecified atom stereocenters. The Morgan fingerprint density at radius 2 is 1.63 bits per heavy atom. The molecule has 3 amide bonds. The Balaban J connectivity index is 0.00000113. The number of piperidine rings is 1. The maximum absolute atomic E-state index is 14.0. The number of amides is 3. The smallest absolute Gasteiger partial charge is 0.243 e. The quantitative estimate of drug-likeness (QED) is 0.0654. The molecule has 306 valence electrons. The Morgan fingerprint density at radius 1 is 0.981 bits per heavy atom. The lowest BCUT2D eigenvalue weighted by molar-refractivity contribution is -0.127. The van der Waals surface area contributed by atoms with Gasteiger partial charge >= 0.3 is 0 Å². The Morgan fingerprint density at radius 3 is 2.17 bits per heavy atom. The Hall–Kier alpha value is -3.41. The van der Waals surface area contributed by atoms with Crippen LogP contribution < -0.4 is 26.6 Å². The van der Waals surface area contributed by atoms with Gasteiger partial charge in [-0.15, -0.1) is 12.3 Å². The molecule has 9 nitrogen and oxygen atoms in total. The summed E-state index contributed by atoms with van der Waals surface area (Å²) in [6.45, 7) is 36.7. The summed E-state index contributed by atoms with van der Waals surface area (Å²) in [6, 6.07) is -0.212. The number of likely N-dealkylation sites (tertiary alicyclic amines) is 1. The number of nitrogens with one attached hydrogen (secondary N) is 5. The van der Waals surface area contributed by atoms with E-state index in [-0.39, 0.29) is 58.1 Å². The van der Waals surface area contributed by atoms with E-state index in [1.165, 1.54) is 25.3 Å². The van der Waals surface area contributed by atoms with Gasteiger partial charge in [0, 0.05) is 50.3 Å². The maximum atomic E-state index is 14.0. The monoisotopic (exact) mass is 751 g/mol. The second-order valence-electron chi connectivity index (χ2n) is 18.3. The second-order valence-corrected chi connectivity index (χ2v) is 18.3. The van der Waals surface area contributed by atoms with Gasteiger partial charge in [0.15, 0.2) is 0 Å². The van der Waals surface area contributed by atoms with Gasteiger partial charge in [-0.3, -0.25) is 14.4 Å². The number of nitrogens with zero attached hydrogens (tertiary/aromatic N) is 1. The van der Waals surface area contributed by atoms with Crippen molar-refractivity contribution in [3.8, 4) is 12.3 Å². The first-order valence-electron chi connectivity index (χ1n) is 20.9. The fourth-order valence-corrected chi connectivity index (χ4v) is 8.59. The third-order valence-electron chi connectivity index (χ3n) is 12.3. The van der Waals surface area contributed by atoms with Crippen molar-refractivity contribution in [2.45, 2.75) is 164 Å². The molecule has 3 aliphatic rings. The van der Waals surface area contributed by atoms with E-state index in [9.17, 15) is 14.4 Å². The van der Waals surface area contributed by atoms with Gasteiger partial charge in [0.25, 0.3) is 0 Å². The van der Waals surface area contributed by atoms with E-state index in [2.05, 4.69) is 106 Å². The predicted molar refractivity (Wildman–Crippen MR) is 225 cm³/mol. The van der Waals surface area contributed by atoms with Gasteiger partial charge in [-0.2, -0.15) is 0 Å². The topological polar surface area (TPSA) is 115 Å². The first kappa shape index (κ1) is 46.7. The number of hydrogen-bond donors (Lipinski definition) is 5. The van der Waals surface area contributed by atoms with E-state index in [0.717, 1.165) is 56.7 Å². The van der Waals surface area contributed by atoms with E-state index in [4.69, 9.17) is 13.0 Å². The van der Waals surface area contributed by atoms with Crippen LogP contribution in [0.2, 0.25) is 0 Å². The van der Waals surface area contributed by atoms with Crippen molar-refractivity contribution in [3.05, 3.63) is 37.3 Å². The summed E-state index contributed by atoms with van der Waals surface area (Å²) in [4.78, 5) is 39.3. The molecule has 0 aromatic rings. The molecule has 0 radical (unpaired) electrons. The lowest BCUT2D eigenvalue weighted by Gasteiger charge is -2.48. The van der Waals surface area contributed by atoms with Crippen LogP contribution in [0.3, 0.4) is 0 Å². The van der Waals surface area contributed by atoms with E-state index >= 15 is 0 Å². The van der Waals surface area contributed by atoms with Crippen LogP contribution in [0.5, 0.6) is 0 Å². The molecule has 2 saturated carbocycles. The molecular weight excluding hydrogens is 673 g/mol. The molecule has 0 bridgehead atoms. The van der Waals surface area contributed by atoms with Crippen molar-refractivity contribution in [2.75, 3.05) is 19.6 Å². The zero-order valence-corrected chi connectivity index (χ0v) is 35.9. The summed E-state index contributed by atoms with van der Waals surface area (Å²) in [7, 11) is 0. The highest BCUT2D eigenvalue weighted by Gasteiger charge is 2.69. The van der Waals surface area contributed by atoms with E-state index < -0.39 is 0 Å². The third kappa shape index (κ3) is 13.1. The molecule has 1 aliphatic heterocycles. The van der Waals surface area contributed by atoms with Crippen molar-refractivity contribution in [1.29, 1.82) is 0 Å². The number of fused-ring (bicyclic) bond motifs is 1. The van der Waals surface area contributed by atoms with Gasteiger partial charge in [-0.05, 0) is 85.5 Å². The lowest BCUT2D eigenvalue weighted by atomic mass is 9.66. The number of carbonyl (C=O) groups excluding carboxylic acids is 3. The van der Waals surface area contributed by atoms with Crippen molar-refractivity contribution < 1.29 is 14.4 Å². The minimum absolute atomic E-state index is 0.0251. The first-order valence-corrected chi connectivity index (χ1v) is 20.9. The zero-order valence-electron chi connectivity index (χ0n) is 35.9. The SMILES string of the molecule is C#CCCC(C)NC(=O)C1[C@@H]2[C@H](CN1C(=C)C(NC(=C)NC(CCC(=O)NCC(C)C)C(C)(C)C)C1(CC)CCCCC1)C2(C)C.C=CC(=O)NCCC. The minimum atomic E-state index is -0.240. The highest BCUT2D eigenvalue weighted by atomic mass is 16.2. The van der Waals surface area contributed by atoms with Crippen LogP contribution in [-0.4, -0.2) is 66.4 Å². The molecule has 0 spiro atoms. The first-order chi connectivity index (χ1) is 25.3.